The zero-order valence-electron chi connectivity index (χ0n) is 13.8. The number of hydrogen-bond acceptors (Lipinski definition) is 4. The maximum atomic E-state index is 14.6. The number of rotatable bonds is 2. The van der Waals surface area contributed by atoms with Crippen LogP contribution < -0.4 is 15.8 Å². The fraction of sp³-hybridized carbons (Fsp3) is 0.263. The molecule has 0 radical (unpaired) electrons. The van der Waals surface area contributed by atoms with Crippen molar-refractivity contribution in [3.8, 4) is 16.9 Å². The Labute approximate surface area is 140 Å². The Balaban J connectivity index is 1.89. The van der Waals surface area contributed by atoms with Crippen molar-refractivity contribution < 1.29 is 9.13 Å². The highest BCUT2D eigenvalue weighted by Crippen LogP contribution is 2.45. The van der Waals surface area contributed by atoms with E-state index >= 15 is 0 Å². The third kappa shape index (κ3) is 2.20. The van der Waals surface area contributed by atoms with Gasteiger partial charge in [-0.1, -0.05) is 24.3 Å². The number of halogens is 1. The fourth-order valence-corrected chi connectivity index (χ4v) is 3.67. The van der Waals surface area contributed by atoms with E-state index in [0.29, 0.717) is 11.3 Å². The molecule has 0 fully saturated rings. The van der Waals surface area contributed by atoms with Gasteiger partial charge in [-0.15, -0.1) is 0 Å². The zero-order valence-corrected chi connectivity index (χ0v) is 13.8. The molecule has 1 atom stereocenters. The third-order valence-electron chi connectivity index (χ3n) is 4.80. The second kappa shape index (κ2) is 5.61. The van der Waals surface area contributed by atoms with Gasteiger partial charge in [-0.3, -0.25) is 4.90 Å². The van der Waals surface area contributed by atoms with E-state index in [9.17, 15) is 4.39 Å². The number of hydrogen-bond donors (Lipinski definition) is 2. The number of nitrogens with zero attached hydrogens (tertiary/aromatic N) is 1. The molecule has 24 heavy (non-hydrogen) atoms. The molecule has 0 saturated heterocycles. The minimum absolute atomic E-state index is 0.168. The average molecular weight is 325 g/mol. The van der Waals surface area contributed by atoms with Crippen LogP contribution in [0.4, 0.5) is 10.1 Å². The molecule has 2 aliphatic heterocycles. The molecule has 0 amide bonds. The molecule has 2 aromatic rings. The van der Waals surface area contributed by atoms with E-state index in [1.807, 2.05) is 18.2 Å². The lowest BCUT2D eigenvalue weighted by Crippen LogP contribution is -2.23. The predicted molar refractivity (Wildman–Crippen MR) is 93.5 cm³/mol. The molecule has 0 saturated carbocycles. The number of likely N-dealkylation sites (N-methyl/N-ethyl adjacent to an activating group) is 1. The van der Waals surface area contributed by atoms with Crippen LogP contribution in [0.15, 0.2) is 47.7 Å². The van der Waals surface area contributed by atoms with Gasteiger partial charge in [0, 0.05) is 24.4 Å². The van der Waals surface area contributed by atoms with Gasteiger partial charge in [0.15, 0.2) is 0 Å². The Morgan fingerprint density at radius 2 is 2.00 bits per heavy atom. The number of benzene rings is 2. The largest absolute Gasteiger partial charge is 0.496 e. The second-order valence-corrected chi connectivity index (χ2v) is 6.37. The van der Waals surface area contributed by atoms with Gasteiger partial charge in [-0.25, -0.2) is 4.39 Å². The SMILES string of the molecule is COc1cccc(F)c1-c1cccc2c1NC1=C(CN(C)C1)C2N. The van der Waals surface area contributed by atoms with E-state index in [2.05, 4.69) is 17.3 Å². The number of anilines is 1. The topological polar surface area (TPSA) is 50.5 Å². The highest BCUT2D eigenvalue weighted by atomic mass is 19.1. The zero-order chi connectivity index (χ0) is 16.8. The number of nitrogens with one attached hydrogen (secondary N) is 1. The van der Waals surface area contributed by atoms with Crippen LogP contribution in [0.1, 0.15) is 11.6 Å². The minimum atomic E-state index is -0.304. The van der Waals surface area contributed by atoms with Gasteiger partial charge in [-0.2, -0.15) is 0 Å². The van der Waals surface area contributed by atoms with Crippen molar-refractivity contribution in [2.24, 2.45) is 5.73 Å². The summed E-state index contributed by atoms with van der Waals surface area (Å²) >= 11 is 0. The number of methoxy groups -OCH3 is 1. The lowest BCUT2D eigenvalue weighted by Gasteiger charge is -2.28. The quantitative estimate of drug-likeness (QED) is 0.891. The molecule has 124 valence electrons. The first-order chi connectivity index (χ1) is 11.6. The number of fused-ring (bicyclic) bond motifs is 1. The van der Waals surface area contributed by atoms with Crippen LogP contribution in [-0.2, 0) is 0 Å². The lowest BCUT2D eigenvalue weighted by atomic mass is 9.89. The van der Waals surface area contributed by atoms with Gasteiger partial charge in [0.05, 0.1) is 24.4 Å². The molecule has 2 aliphatic rings. The highest BCUT2D eigenvalue weighted by molar-refractivity contribution is 5.86. The first-order valence-corrected chi connectivity index (χ1v) is 7.99. The molecule has 3 N–H and O–H groups in total. The second-order valence-electron chi connectivity index (χ2n) is 6.37. The minimum Gasteiger partial charge on any atom is -0.496 e. The van der Waals surface area contributed by atoms with Gasteiger partial charge >= 0.3 is 0 Å². The summed E-state index contributed by atoms with van der Waals surface area (Å²) < 4.78 is 19.9. The van der Waals surface area contributed by atoms with Crippen molar-refractivity contribution in [2.45, 2.75) is 6.04 Å². The van der Waals surface area contributed by atoms with Gasteiger partial charge in [0.1, 0.15) is 11.6 Å². The molecular weight excluding hydrogens is 305 g/mol. The summed E-state index contributed by atoms with van der Waals surface area (Å²) in [6.07, 6.45) is 0. The van der Waals surface area contributed by atoms with Gasteiger partial charge in [0.2, 0.25) is 0 Å². The summed E-state index contributed by atoms with van der Waals surface area (Å²) in [6.45, 7) is 1.68. The molecule has 4 rings (SSSR count). The monoisotopic (exact) mass is 325 g/mol. The van der Waals surface area contributed by atoms with E-state index in [1.165, 1.54) is 11.6 Å². The van der Waals surface area contributed by atoms with E-state index in [4.69, 9.17) is 10.5 Å². The Morgan fingerprint density at radius 3 is 2.79 bits per heavy atom. The van der Waals surface area contributed by atoms with E-state index in [1.54, 1.807) is 19.2 Å². The van der Waals surface area contributed by atoms with E-state index < -0.39 is 0 Å². The summed E-state index contributed by atoms with van der Waals surface area (Å²) in [7, 11) is 3.62. The Morgan fingerprint density at radius 1 is 1.21 bits per heavy atom. The molecule has 1 unspecified atom stereocenters. The summed E-state index contributed by atoms with van der Waals surface area (Å²) in [5.74, 6) is 0.212. The first-order valence-electron chi connectivity index (χ1n) is 7.99. The number of nitrogens with two attached hydrogens (primary N) is 1. The van der Waals surface area contributed by atoms with Crippen LogP contribution in [0.3, 0.4) is 0 Å². The highest BCUT2D eigenvalue weighted by Gasteiger charge is 2.32. The summed E-state index contributed by atoms with van der Waals surface area (Å²) in [5, 5.41) is 3.50. The maximum absolute atomic E-state index is 14.6. The molecule has 0 aromatic heterocycles. The Bertz CT molecular complexity index is 847. The van der Waals surface area contributed by atoms with Crippen molar-refractivity contribution in [2.75, 3.05) is 32.6 Å². The first kappa shape index (κ1) is 15.2. The standard InChI is InChI=1S/C19H20FN3O/c1-23-9-13-15(10-23)22-19-11(5-3-6-12(19)18(13)21)17-14(20)7-4-8-16(17)24-2/h3-8,18,22H,9-10,21H2,1-2H3. The van der Waals surface area contributed by atoms with Crippen molar-refractivity contribution in [1.82, 2.24) is 4.90 Å². The normalized spacial score (nSPS) is 19.8. The Hall–Kier alpha value is -2.37. The van der Waals surface area contributed by atoms with Crippen LogP contribution in [0.5, 0.6) is 5.75 Å². The van der Waals surface area contributed by atoms with Crippen LogP contribution in [0, 0.1) is 5.82 Å². The number of para-hydroxylation sites is 1. The molecule has 4 nitrogen and oxygen atoms in total. The smallest absolute Gasteiger partial charge is 0.134 e. The summed E-state index contributed by atoms with van der Waals surface area (Å²) in [6, 6.07) is 10.5. The fourth-order valence-electron chi connectivity index (χ4n) is 3.67. The lowest BCUT2D eigenvalue weighted by molar-refractivity contribution is 0.413. The van der Waals surface area contributed by atoms with Gasteiger partial charge < -0.3 is 15.8 Å². The molecule has 5 heteroatoms. The molecule has 2 heterocycles. The van der Waals surface area contributed by atoms with E-state index in [-0.39, 0.29) is 11.9 Å². The van der Waals surface area contributed by atoms with Gasteiger partial charge in [0.25, 0.3) is 0 Å². The van der Waals surface area contributed by atoms with Crippen LogP contribution in [0.25, 0.3) is 11.1 Å². The van der Waals surface area contributed by atoms with Gasteiger partial charge in [-0.05, 0) is 30.3 Å². The molecule has 0 spiro atoms. The van der Waals surface area contributed by atoms with Crippen molar-refractivity contribution in [3.05, 3.63) is 59.0 Å². The molecule has 0 aliphatic carbocycles. The summed E-state index contributed by atoms with van der Waals surface area (Å²) in [4.78, 5) is 2.22. The maximum Gasteiger partial charge on any atom is 0.134 e. The average Bonchev–Trinajstić information content (AvgIpc) is 2.95. The third-order valence-corrected chi connectivity index (χ3v) is 4.80. The Kier molecular flexibility index (Phi) is 3.55. The van der Waals surface area contributed by atoms with Crippen molar-refractivity contribution in [3.63, 3.8) is 0 Å². The van der Waals surface area contributed by atoms with E-state index in [0.717, 1.165) is 35.6 Å². The summed E-state index contributed by atoms with van der Waals surface area (Å²) in [5.41, 5.74) is 11.9. The molecule has 0 bridgehead atoms. The van der Waals surface area contributed by atoms with Crippen LogP contribution in [-0.4, -0.2) is 32.1 Å². The van der Waals surface area contributed by atoms with Crippen LogP contribution >= 0.6 is 0 Å². The van der Waals surface area contributed by atoms with Crippen molar-refractivity contribution in [1.29, 1.82) is 0 Å². The van der Waals surface area contributed by atoms with Crippen LogP contribution in [0.2, 0.25) is 0 Å². The molecular formula is C19H20FN3O. The molecule has 2 aromatic carbocycles. The predicted octanol–water partition coefficient (Wildman–Crippen LogP) is 3.13. The number of ether oxygens (including phenoxy) is 1. The van der Waals surface area contributed by atoms with Crippen molar-refractivity contribution >= 4 is 5.69 Å².